The number of methoxy groups -OCH3 is 1. The summed E-state index contributed by atoms with van der Waals surface area (Å²) in [7, 11) is 1.61. The minimum atomic E-state index is -4.37. The van der Waals surface area contributed by atoms with E-state index in [9.17, 15) is 18.0 Å². The highest BCUT2D eigenvalue weighted by molar-refractivity contribution is 5.82. The highest BCUT2D eigenvalue weighted by Crippen LogP contribution is 2.41. The van der Waals surface area contributed by atoms with Crippen LogP contribution in [-0.2, 0) is 22.1 Å². The Kier molecular flexibility index (Phi) is 5.75. The molecule has 1 aromatic carbocycles. The van der Waals surface area contributed by atoms with Crippen LogP contribution >= 0.6 is 0 Å². The molecular formula is C19H25F3N2O2. The maximum Gasteiger partial charge on any atom is 0.416 e. The summed E-state index contributed by atoms with van der Waals surface area (Å²) in [6.45, 7) is 1.88. The third-order valence-electron chi connectivity index (χ3n) is 5.33. The maximum atomic E-state index is 13.1. The van der Waals surface area contributed by atoms with Gasteiger partial charge in [0.15, 0.2) is 0 Å². The van der Waals surface area contributed by atoms with Crippen molar-refractivity contribution in [3.05, 3.63) is 29.3 Å². The van der Waals surface area contributed by atoms with E-state index in [0.717, 1.165) is 44.0 Å². The van der Waals surface area contributed by atoms with Crippen molar-refractivity contribution in [3.63, 3.8) is 0 Å². The monoisotopic (exact) mass is 370 g/mol. The number of rotatable bonds is 5. The summed E-state index contributed by atoms with van der Waals surface area (Å²) in [6, 6.07) is 4.00. The van der Waals surface area contributed by atoms with Crippen LogP contribution in [0.5, 0.6) is 0 Å². The lowest BCUT2D eigenvalue weighted by molar-refractivity contribution is -0.137. The summed E-state index contributed by atoms with van der Waals surface area (Å²) in [6.07, 6.45) is -0.347. The number of hydrogen-bond acceptors (Lipinski definition) is 3. The molecule has 1 aromatic rings. The quantitative estimate of drug-likeness (QED) is 0.808. The lowest BCUT2D eigenvalue weighted by atomic mass is 9.80. The Hall–Kier alpha value is -1.76. The Morgan fingerprint density at radius 2 is 2.15 bits per heavy atom. The third kappa shape index (κ3) is 3.98. The zero-order valence-corrected chi connectivity index (χ0v) is 14.9. The molecule has 1 N–H and O–H groups in total. The molecule has 3 rings (SSSR count). The van der Waals surface area contributed by atoms with E-state index in [4.69, 9.17) is 4.74 Å². The molecule has 26 heavy (non-hydrogen) atoms. The second-order valence-electron chi connectivity index (χ2n) is 7.05. The van der Waals surface area contributed by atoms with E-state index in [-0.39, 0.29) is 17.9 Å². The molecule has 0 spiro atoms. The molecule has 0 radical (unpaired) electrons. The summed E-state index contributed by atoms with van der Waals surface area (Å²) in [5, 5.41) is 2.93. The van der Waals surface area contributed by atoms with Gasteiger partial charge in [-0.25, -0.2) is 0 Å². The van der Waals surface area contributed by atoms with Gasteiger partial charge in [0, 0.05) is 38.5 Å². The molecule has 0 aliphatic carbocycles. The number of nitrogens with one attached hydrogen (secondary N) is 1. The number of ether oxygens (including phenoxy) is 1. The predicted octanol–water partition coefficient (Wildman–Crippen LogP) is 3.39. The molecular weight excluding hydrogens is 345 g/mol. The third-order valence-corrected chi connectivity index (χ3v) is 5.33. The number of nitrogens with zero attached hydrogens (tertiary/aromatic N) is 1. The normalized spacial score (nSPS) is 22.5. The number of piperidine rings is 1. The van der Waals surface area contributed by atoms with Crippen molar-refractivity contribution in [2.45, 2.75) is 44.3 Å². The lowest BCUT2D eigenvalue weighted by Crippen LogP contribution is -2.53. The Labute approximate surface area is 151 Å². The van der Waals surface area contributed by atoms with Gasteiger partial charge in [-0.3, -0.25) is 4.79 Å². The molecule has 2 atom stereocenters. The number of amides is 1. The first-order chi connectivity index (χ1) is 12.4. The van der Waals surface area contributed by atoms with Gasteiger partial charge in [0.2, 0.25) is 5.91 Å². The molecule has 1 saturated heterocycles. The van der Waals surface area contributed by atoms with Gasteiger partial charge in [-0.15, -0.1) is 0 Å². The van der Waals surface area contributed by atoms with Gasteiger partial charge in [-0.1, -0.05) is 0 Å². The van der Waals surface area contributed by atoms with Crippen molar-refractivity contribution in [1.29, 1.82) is 0 Å². The first-order valence-electron chi connectivity index (χ1n) is 9.15. The number of carbonyl (C=O) groups excluding carboxylic acids is 1. The number of hydrogen-bond donors (Lipinski definition) is 1. The van der Waals surface area contributed by atoms with Gasteiger partial charge in [-0.2, -0.15) is 13.2 Å². The Bertz CT molecular complexity index is 648. The summed E-state index contributed by atoms with van der Waals surface area (Å²) in [5.74, 6) is -0.380. The van der Waals surface area contributed by atoms with Crippen LogP contribution in [-0.4, -0.2) is 38.8 Å². The standard InChI is InChI=1S/C19H25F3N2O2/c1-26-10-4-8-23-18(25)15-12-13-11-14(19(20,21)22)6-7-16(13)24-9-3-2-5-17(15)24/h6-7,11,15,17H,2-5,8-10,12H2,1H3,(H,23,25). The highest BCUT2D eigenvalue weighted by atomic mass is 19.4. The van der Waals surface area contributed by atoms with Crippen molar-refractivity contribution in [2.75, 3.05) is 31.7 Å². The first kappa shape index (κ1) is 19.0. The molecule has 144 valence electrons. The van der Waals surface area contributed by atoms with Crippen LogP contribution < -0.4 is 10.2 Å². The lowest BCUT2D eigenvalue weighted by Gasteiger charge is -2.46. The first-order valence-corrected chi connectivity index (χ1v) is 9.15. The zero-order valence-electron chi connectivity index (χ0n) is 14.9. The van der Waals surface area contributed by atoms with E-state index in [1.807, 2.05) is 0 Å². The fraction of sp³-hybridized carbons (Fsp3) is 0.632. The number of fused-ring (bicyclic) bond motifs is 3. The fourth-order valence-electron chi connectivity index (χ4n) is 4.08. The largest absolute Gasteiger partial charge is 0.416 e. The van der Waals surface area contributed by atoms with E-state index in [1.165, 1.54) is 6.07 Å². The number of alkyl halides is 3. The van der Waals surface area contributed by atoms with E-state index >= 15 is 0 Å². The minimum Gasteiger partial charge on any atom is -0.385 e. The molecule has 1 amide bonds. The second-order valence-corrected chi connectivity index (χ2v) is 7.05. The van der Waals surface area contributed by atoms with Crippen LogP contribution in [0.1, 0.15) is 36.8 Å². The average Bonchev–Trinajstić information content (AvgIpc) is 2.63. The summed E-state index contributed by atoms with van der Waals surface area (Å²) in [5.41, 5.74) is 0.826. The molecule has 2 heterocycles. The zero-order chi connectivity index (χ0) is 18.7. The summed E-state index contributed by atoms with van der Waals surface area (Å²) in [4.78, 5) is 14.8. The van der Waals surface area contributed by atoms with Crippen molar-refractivity contribution in [1.82, 2.24) is 5.32 Å². The topological polar surface area (TPSA) is 41.6 Å². The molecule has 2 unspecified atom stereocenters. The van der Waals surface area contributed by atoms with Gasteiger partial charge in [-0.05, 0) is 55.9 Å². The number of carbonyl (C=O) groups is 1. The number of halogens is 3. The molecule has 0 saturated carbocycles. The van der Waals surface area contributed by atoms with Crippen molar-refractivity contribution < 1.29 is 22.7 Å². The molecule has 4 nitrogen and oxygen atoms in total. The Morgan fingerprint density at radius 1 is 1.35 bits per heavy atom. The Balaban J connectivity index is 1.82. The fourth-order valence-corrected chi connectivity index (χ4v) is 4.08. The van der Waals surface area contributed by atoms with Crippen LogP contribution in [0.25, 0.3) is 0 Å². The van der Waals surface area contributed by atoms with Crippen LogP contribution in [0.2, 0.25) is 0 Å². The van der Waals surface area contributed by atoms with E-state index in [1.54, 1.807) is 13.2 Å². The van der Waals surface area contributed by atoms with Crippen molar-refractivity contribution in [2.24, 2.45) is 5.92 Å². The minimum absolute atomic E-state index is 0.0652. The molecule has 2 aliphatic rings. The smallest absolute Gasteiger partial charge is 0.385 e. The predicted molar refractivity (Wildman–Crippen MR) is 93.1 cm³/mol. The molecule has 0 bridgehead atoms. The van der Waals surface area contributed by atoms with E-state index in [0.29, 0.717) is 25.1 Å². The number of anilines is 1. The van der Waals surface area contributed by atoms with E-state index < -0.39 is 11.7 Å². The van der Waals surface area contributed by atoms with Gasteiger partial charge < -0.3 is 15.0 Å². The molecule has 2 aliphatic heterocycles. The maximum absolute atomic E-state index is 13.1. The van der Waals surface area contributed by atoms with Crippen LogP contribution in [0.3, 0.4) is 0 Å². The van der Waals surface area contributed by atoms with Crippen molar-refractivity contribution >= 4 is 11.6 Å². The second kappa shape index (κ2) is 7.86. The Morgan fingerprint density at radius 3 is 2.88 bits per heavy atom. The molecule has 0 aromatic heterocycles. The SMILES string of the molecule is COCCCNC(=O)C1Cc2cc(C(F)(F)F)ccc2N2CCCCC12. The average molecular weight is 370 g/mol. The highest BCUT2D eigenvalue weighted by Gasteiger charge is 2.40. The van der Waals surface area contributed by atoms with Crippen LogP contribution in [0, 0.1) is 5.92 Å². The summed E-state index contributed by atoms with van der Waals surface area (Å²) >= 11 is 0. The van der Waals surface area contributed by atoms with Gasteiger partial charge in [0.25, 0.3) is 0 Å². The number of benzene rings is 1. The van der Waals surface area contributed by atoms with Gasteiger partial charge in [0.05, 0.1) is 11.5 Å². The van der Waals surface area contributed by atoms with Crippen molar-refractivity contribution in [3.8, 4) is 0 Å². The molecule has 7 heteroatoms. The van der Waals surface area contributed by atoms with Crippen LogP contribution in [0.15, 0.2) is 18.2 Å². The molecule has 1 fully saturated rings. The van der Waals surface area contributed by atoms with Crippen LogP contribution in [0.4, 0.5) is 18.9 Å². The summed E-state index contributed by atoms with van der Waals surface area (Å²) < 4.78 is 44.2. The van der Waals surface area contributed by atoms with E-state index in [2.05, 4.69) is 10.2 Å². The van der Waals surface area contributed by atoms with Gasteiger partial charge in [0.1, 0.15) is 0 Å². The van der Waals surface area contributed by atoms with Gasteiger partial charge >= 0.3 is 6.18 Å².